The Morgan fingerprint density at radius 3 is 2.43 bits per heavy atom. The lowest BCUT2D eigenvalue weighted by Crippen LogP contribution is -2.26. The summed E-state index contributed by atoms with van der Waals surface area (Å²) in [6.45, 7) is -0.836. The second-order valence-electron chi connectivity index (χ2n) is 5.87. The Morgan fingerprint density at radius 1 is 1.18 bits per heavy atom. The Hall–Kier alpha value is -2.70. The zero-order valence-electron chi connectivity index (χ0n) is 14.5. The third-order valence-corrected chi connectivity index (χ3v) is 5.94. The number of hydrogen-bond acceptors (Lipinski definition) is 7. The molecule has 0 aliphatic carbocycles. The van der Waals surface area contributed by atoms with E-state index in [2.05, 4.69) is 10.4 Å². The average molecular weight is 427 g/mol. The van der Waals surface area contributed by atoms with Gasteiger partial charge in [0.2, 0.25) is 0 Å². The summed E-state index contributed by atoms with van der Waals surface area (Å²) >= 11 is 1.21. The number of rotatable bonds is 6. The van der Waals surface area contributed by atoms with Gasteiger partial charge in [-0.2, -0.15) is 18.1 Å². The molecular formula is C16H15F2N5O3S2. The van der Waals surface area contributed by atoms with E-state index in [1.807, 2.05) is 0 Å². The number of nitrogens with two attached hydrogens (primary N) is 1. The first kappa shape index (κ1) is 20.0. The molecule has 3 rings (SSSR count). The molecule has 0 aliphatic rings. The number of halogens is 2. The summed E-state index contributed by atoms with van der Waals surface area (Å²) in [5.41, 5.74) is 5.68. The summed E-state index contributed by atoms with van der Waals surface area (Å²) in [6.07, 6.45) is -0.819. The van der Waals surface area contributed by atoms with Crippen LogP contribution in [0.1, 0.15) is 0 Å². The van der Waals surface area contributed by atoms with Crippen molar-refractivity contribution in [2.24, 2.45) is 5.73 Å². The zero-order chi connectivity index (χ0) is 20.5. The molecule has 2 heterocycles. The van der Waals surface area contributed by atoms with Crippen molar-refractivity contribution in [3.05, 3.63) is 57.8 Å². The SMILES string of the molecule is CS(=O)(=O)c1ccc(-c2csc(-n3nnn(CC(CN)=C(F)F)c3=O)c2)cc1. The van der Waals surface area contributed by atoms with Crippen LogP contribution in [0.15, 0.2) is 57.1 Å². The Labute approximate surface area is 162 Å². The van der Waals surface area contributed by atoms with E-state index in [0.29, 0.717) is 5.00 Å². The molecule has 1 aromatic carbocycles. The van der Waals surface area contributed by atoms with Crippen molar-refractivity contribution in [2.45, 2.75) is 11.4 Å². The van der Waals surface area contributed by atoms with Crippen molar-refractivity contribution in [1.82, 2.24) is 19.8 Å². The Balaban J connectivity index is 1.89. The number of aromatic nitrogens is 4. The van der Waals surface area contributed by atoms with E-state index in [-0.39, 0.29) is 4.90 Å². The summed E-state index contributed by atoms with van der Waals surface area (Å²) in [5, 5.41) is 9.55. The minimum absolute atomic E-state index is 0.203. The second kappa shape index (κ2) is 7.73. The second-order valence-corrected chi connectivity index (χ2v) is 8.77. The van der Waals surface area contributed by atoms with Gasteiger partial charge in [0.25, 0.3) is 6.08 Å². The van der Waals surface area contributed by atoms with Gasteiger partial charge in [0.1, 0.15) is 5.00 Å². The molecule has 0 fully saturated rings. The molecular weight excluding hydrogens is 412 g/mol. The molecule has 0 saturated carbocycles. The fourth-order valence-corrected chi connectivity index (χ4v) is 3.87. The maximum Gasteiger partial charge on any atom is 0.369 e. The molecule has 8 nitrogen and oxygen atoms in total. The van der Waals surface area contributed by atoms with E-state index in [1.54, 1.807) is 23.6 Å². The van der Waals surface area contributed by atoms with E-state index in [4.69, 9.17) is 5.73 Å². The lowest BCUT2D eigenvalue weighted by molar-refractivity contribution is 0.400. The van der Waals surface area contributed by atoms with Gasteiger partial charge in [-0.15, -0.1) is 11.3 Å². The summed E-state index contributed by atoms with van der Waals surface area (Å²) in [5.74, 6) is 0. The molecule has 0 aliphatic heterocycles. The number of hydrogen-bond donors (Lipinski definition) is 1. The molecule has 12 heteroatoms. The lowest BCUT2D eigenvalue weighted by Gasteiger charge is -2.01. The average Bonchev–Trinajstić information content (AvgIpc) is 3.26. The Morgan fingerprint density at radius 2 is 1.86 bits per heavy atom. The first-order chi connectivity index (χ1) is 13.2. The number of thiophene rings is 1. The molecule has 0 amide bonds. The molecule has 0 radical (unpaired) electrons. The van der Waals surface area contributed by atoms with Gasteiger partial charge < -0.3 is 5.73 Å². The molecule has 2 aromatic heterocycles. The third kappa shape index (κ3) is 4.08. The van der Waals surface area contributed by atoms with E-state index in [9.17, 15) is 22.0 Å². The van der Waals surface area contributed by atoms with E-state index in [1.165, 1.54) is 23.5 Å². The normalized spacial score (nSPS) is 11.6. The van der Waals surface area contributed by atoms with Gasteiger partial charge in [-0.1, -0.05) is 12.1 Å². The van der Waals surface area contributed by atoms with Crippen LogP contribution in [-0.2, 0) is 16.4 Å². The maximum absolute atomic E-state index is 12.7. The number of tetrazole rings is 1. The van der Waals surface area contributed by atoms with Crippen molar-refractivity contribution < 1.29 is 17.2 Å². The minimum Gasteiger partial charge on any atom is -0.327 e. The van der Waals surface area contributed by atoms with Crippen LogP contribution in [0.2, 0.25) is 0 Å². The topological polar surface area (TPSA) is 113 Å². The maximum atomic E-state index is 12.7. The highest BCUT2D eigenvalue weighted by molar-refractivity contribution is 7.90. The van der Waals surface area contributed by atoms with Crippen molar-refractivity contribution in [3.63, 3.8) is 0 Å². The Kier molecular flexibility index (Phi) is 5.54. The lowest BCUT2D eigenvalue weighted by atomic mass is 10.1. The van der Waals surface area contributed by atoms with Crippen molar-refractivity contribution in [3.8, 4) is 16.1 Å². The monoisotopic (exact) mass is 427 g/mol. The highest BCUT2D eigenvalue weighted by Crippen LogP contribution is 2.28. The molecule has 2 N–H and O–H groups in total. The summed E-state index contributed by atoms with van der Waals surface area (Å²) in [6, 6.07) is 7.98. The van der Waals surface area contributed by atoms with Crippen LogP contribution in [0, 0.1) is 0 Å². The van der Waals surface area contributed by atoms with Crippen LogP contribution in [0.5, 0.6) is 0 Å². The van der Waals surface area contributed by atoms with Crippen LogP contribution in [-0.4, -0.2) is 41.0 Å². The van der Waals surface area contributed by atoms with Crippen molar-refractivity contribution in [1.29, 1.82) is 0 Å². The molecule has 0 bridgehead atoms. The fraction of sp³-hybridized carbons (Fsp3) is 0.188. The molecule has 0 spiro atoms. The third-order valence-electron chi connectivity index (χ3n) is 3.90. The first-order valence-electron chi connectivity index (χ1n) is 7.86. The quantitative estimate of drug-likeness (QED) is 0.640. The Bertz CT molecular complexity index is 1190. The van der Waals surface area contributed by atoms with Gasteiger partial charge in [0, 0.05) is 23.8 Å². The number of nitrogens with zero attached hydrogens (tertiary/aromatic N) is 4. The van der Waals surface area contributed by atoms with Gasteiger partial charge in [-0.3, -0.25) is 0 Å². The van der Waals surface area contributed by atoms with Gasteiger partial charge in [-0.25, -0.2) is 13.2 Å². The predicted molar refractivity (Wildman–Crippen MR) is 100 cm³/mol. The summed E-state index contributed by atoms with van der Waals surface area (Å²) in [7, 11) is -3.29. The molecule has 3 aromatic rings. The summed E-state index contributed by atoms with van der Waals surface area (Å²) < 4.78 is 50.4. The molecule has 0 unspecified atom stereocenters. The fourth-order valence-electron chi connectivity index (χ4n) is 2.38. The molecule has 148 valence electrons. The smallest absolute Gasteiger partial charge is 0.327 e. The van der Waals surface area contributed by atoms with Gasteiger partial charge >= 0.3 is 5.69 Å². The zero-order valence-corrected chi connectivity index (χ0v) is 16.2. The minimum atomic E-state index is -3.29. The van der Waals surface area contributed by atoms with Crippen LogP contribution < -0.4 is 11.4 Å². The predicted octanol–water partition coefficient (Wildman–Crippen LogP) is 1.67. The van der Waals surface area contributed by atoms with Gasteiger partial charge in [-0.05, 0) is 39.8 Å². The van der Waals surface area contributed by atoms with Crippen LogP contribution in [0.4, 0.5) is 8.78 Å². The number of sulfone groups is 1. The van der Waals surface area contributed by atoms with Crippen molar-refractivity contribution >= 4 is 21.2 Å². The highest BCUT2D eigenvalue weighted by atomic mass is 32.2. The largest absolute Gasteiger partial charge is 0.369 e. The van der Waals surface area contributed by atoms with Crippen LogP contribution in [0.3, 0.4) is 0 Å². The van der Waals surface area contributed by atoms with Crippen LogP contribution in [0.25, 0.3) is 16.1 Å². The standard InChI is InChI=1S/C16H15F2N5O3S2/c1-28(25,26)13-4-2-10(3-5-13)11-6-14(27-9-11)23-16(24)22(20-21-23)8-12(7-19)15(17)18/h2-6,9H,7-8,19H2,1H3. The molecule has 28 heavy (non-hydrogen) atoms. The van der Waals surface area contributed by atoms with E-state index < -0.39 is 40.3 Å². The molecule has 0 saturated heterocycles. The summed E-state index contributed by atoms with van der Waals surface area (Å²) in [4.78, 5) is 12.6. The molecule has 0 atom stereocenters. The first-order valence-corrected chi connectivity index (χ1v) is 10.6. The van der Waals surface area contributed by atoms with E-state index >= 15 is 0 Å². The van der Waals surface area contributed by atoms with Crippen molar-refractivity contribution in [2.75, 3.05) is 12.8 Å². The number of benzene rings is 1. The van der Waals surface area contributed by atoms with E-state index in [0.717, 1.165) is 26.7 Å². The van der Waals surface area contributed by atoms with Gasteiger partial charge in [0.05, 0.1) is 11.4 Å². The van der Waals surface area contributed by atoms with Gasteiger partial charge in [0.15, 0.2) is 9.84 Å². The van der Waals surface area contributed by atoms with Crippen LogP contribution >= 0.6 is 11.3 Å². The highest BCUT2D eigenvalue weighted by Gasteiger charge is 2.15.